The summed E-state index contributed by atoms with van der Waals surface area (Å²) in [7, 11) is 0. The number of rotatable bonds is 5. The topological polar surface area (TPSA) is 56.7 Å². The number of pyridine rings is 1. The number of carbonyl (C=O) groups excluding carboxylic acids is 1. The van der Waals surface area contributed by atoms with E-state index in [-0.39, 0.29) is 12.0 Å². The van der Waals surface area contributed by atoms with Crippen LogP contribution in [0, 0.1) is 0 Å². The van der Waals surface area contributed by atoms with Crippen LogP contribution in [0.2, 0.25) is 0 Å². The third-order valence-corrected chi connectivity index (χ3v) is 5.13. The number of hydrogen-bond acceptors (Lipinski definition) is 4. The van der Waals surface area contributed by atoms with Crippen LogP contribution in [0.15, 0.2) is 24.4 Å². The highest BCUT2D eigenvalue weighted by atomic mass is 16.3. The molecule has 3 rings (SSSR count). The van der Waals surface area contributed by atoms with Gasteiger partial charge in [-0.15, -0.1) is 0 Å². The number of aliphatic hydroxyl groups is 1. The van der Waals surface area contributed by atoms with Crippen molar-refractivity contribution in [1.82, 2.24) is 14.8 Å². The molecule has 1 saturated carbocycles. The maximum absolute atomic E-state index is 12.3. The lowest BCUT2D eigenvalue weighted by molar-refractivity contribution is -0.133. The zero-order chi connectivity index (χ0) is 16.1. The van der Waals surface area contributed by atoms with Crippen LogP contribution in [0.5, 0.6) is 0 Å². The van der Waals surface area contributed by atoms with Gasteiger partial charge in [0.05, 0.1) is 6.10 Å². The molecular weight excluding hydrogens is 290 g/mol. The van der Waals surface area contributed by atoms with Crippen molar-refractivity contribution in [1.29, 1.82) is 0 Å². The zero-order valence-corrected chi connectivity index (χ0v) is 13.7. The van der Waals surface area contributed by atoms with Gasteiger partial charge in [-0.3, -0.25) is 14.7 Å². The minimum atomic E-state index is -0.171. The molecule has 1 aromatic rings. The van der Waals surface area contributed by atoms with Crippen LogP contribution in [0.3, 0.4) is 0 Å². The van der Waals surface area contributed by atoms with Crippen LogP contribution in [-0.2, 0) is 11.2 Å². The summed E-state index contributed by atoms with van der Waals surface area (Å²) in [6.45, 7) is 3.39. The predicted molar refractivity (Wildman–Crippen MR) is 89.0 cm³/mol. The number of hydrogen-bond donors (Lipinski definition) is 1. The van der Waals surface area contributed by atoms with Crippen molar-refractivity contribution in [2.45, 2.75) is 50.7 Å². The first-order chi connectivity index (χ1) is 11.2. The van der Waals surface area contributed by atoms with Gasteiger partial charge in [-0.1, -0.05) is 6.07 Å². The Hall–Kier alpha value is -1.46. The Balaban J connectivity index is 1.38. The summed E-state index contributed by atoms with van der Waals surface area (Å²) >= 11 is 0. The van der Waals surface area contributed by atoms with E-state index in [1.807, 2.05) is 23.1 Å². The van der Waals surface area contributed by atoms with Crippen molar-refractivity contribution in [3.8, 4) is 0 Å². The molecule has 0 aromatic carbocycles. The van der Waals surface area contributed by atoms with Crippen LogP contribution in [-0.4, -0.2) is 64.1 Å². The van der Waals surface area contributed by atoms with Crippen molar-refractivity contribution in [2.24, 2.45) is 0 Å². The van der Waals surface area contributed by atoms with Crippen LogP contribution < -0.4 is 0 Å². The number of aryl methyl sites for hydroxylation is 1. The number of carbonyl (C=O) groups is 1. The standard InChI is InChI=1S/C18H27N3O2/c22-17-8-4-7-16(17)20-11-13-21(14-12-20)18(23)9-3-6-15-5-1-2-10-19-15/h1-2,5,10,16-17,22H,3-4,6-9,11-14H2/t16-,17-/m0/s1. The fourth-order valence-corrected chi connectivity index (χ4v) is 3.77. The van der Waals surface area contributed by atoms with Crippen LogP contribution >= 0.6 is 0 Å². The summed E-state index contributed by atoms with van der Waals surface area (Å²) in [6.07, 6.45) is 7.10. The summed E-state index contributed by atoms with van der Waals surface area (Å²) in [5.74, 6) is 0.257. The minimum Gasteiger partial charge on any atom is -0.391 e. The van der Waals surface area contributed by atoms with E-state index in [4.69, 9.17) is 0 Å². The summed E-state index contributed by atoms with van der Waals surface area (Å²) in [6, 6.07) is 6.23. The van der Waals surface area contributed by atoms with E-state index < -0.39 is 0 Å². The first-order valence-corrected chi connectivity index (χ1v) is 8.84. The number of amides is 1. The van der Waals surface area contributed by atoms with Gasteiger partial charge in [-0.2, -0.15) is 0 Å². The van der Waals surface area contributed by atoms with E-state index in [0.29, 0.717) is 12.5 Å². The maximum atomic E-state index is 12.3. The Labute approximate surface area is 138 Å². The number of piperazine rings is 1. The normalized spacial score (nSPS) is 25.7. The number of nitrogens with zero attached hydrogens (tertiary/aromatic N) is 3. The van der Waals surface area contributed by atoms with Gasteiger partial charge in [-0.05, 0) is 44.2 Å². The smallest absolute Gasteiger partial charge is 0.222 e. The van der Waals surface area contributed by atoms with Gasteiger partial charge >= 0.3 is 0 Å². The SMILES string of the molecule is O=C(CCCc1ccccn1)N1CCN([C@H]2CCC[C@@H]2O)CC1. The molecule has 5 heteroatoms. The third-order valence-electron chi connectivity index (χ3n) is 5.13. The van der Waals surface area contributed by atoms with Gasteiger partial charge in [0.15, 0.2) is 0 Å². The Morgan fingerprint density at radius 3 is 2.70 bits per heavy atom. The Kier molecular flexibility index (Phi) is 5.62. The molecule has 1 aliphatic heterocycles. The van der Waals surface area contributed by atoms with Crippen LogP contribution in [0.4, 0.5) is 0 Å². The quantitative estimate of drug-likeness (QED) is 0.893. The molecule has 2 fully saturated rings. The van der Waals surface area contributed by atoms with Crippen molar-refractivity contribution < 1.29 is 9.90 Å². The lowest BCUT2D eigenvalue weighted by atomic mass is 10.1. The minimum absolute atomic E-state index is 0.171. The van der Waals surface area contributed by atoms with Crippen LogP contribution in [0.25, 0.3) is 0 Å². The van der Waals surface area contributed by atoms with Gasteiger partial charge in [-0.25, -0.2) is 0 Å². The largest absolute Gasteiger partial charge is 0.391 e. The Morgan fingerprint density at radius 2 is 2.04 bits per heavy atom. The van der Waals surface area contributed by atoms with E-state index in [9.17, 15) is 9.90 Å². The Bertz CT molecular complexity index is 500. The molecule has 1 saturated heterocycles. The monoisotopic (exact) mass is 317 g/mol. The van der Waals surface area contributed by atoms with E-state index in [0.717, 1.165) is 64.0 Å². The molecule has 1 aromatic heterocycles. The second-order valence-corrected chi connectivity index (χ2v) is 6.66. The van der Waals surface area contributed by atoms with Gasteiger partial charge in [0.2, 0.25) is 5.91 Å². The van der Waals surface area contributed by atoms with Crippen molar-refractivity contribution in [3.63, 3.8) is 0 Å². The zero-order valence-electron chi connectivity index (χ0n) is 13.7. The number of aromatic nitrogens is 1. The second-order valence-electron chi connectivity index (χ2n) is 6.66. The van der Waals surface area contributed by atoms with Crippen LogP contribution in [0.1, 0.15) is 37.8 Å². The highest BCUT2D eigenvalue weighted by molar-refractivity contribution is 5.76. The van der Waals surface area contributed by atoms with E-state index in [1.165, 1.54) is 0 Å². The van der Waals surface area contributed by atoms with Crippen molar-refractivity contribution in [3.05, 3.63) is 30.1 Å². The molecule has 1 amide bonds. The summed E-state index contributed by atoms with van der Waals surface area (Å²) in [5, 5.41) is 10.0. The molecule has 1 N–H and O–H groups in total. The highest BCUT2D eigenvalue weighted by Gasteiger charge is 2.33. The molecule has 0 bridgehead atoms. The molecule has 5 nitrogen and oxygen atoms in total. The average molecular weight is 317 g/mol. The predicted octanol–water partition coefficient (Wildman–Crippen LogP) is 1.46. The van der Waals surface area contributed by atoms with Gasteiger partial charge < -0.3 is 10.0 Å². The fourth-order valence-electron chi connectivity index (χ4n) is 3.77. The maximum Gasteiger partial charge on any atom is 0.222 e. The molecule has 126 valence electrons. The lowest BCUT2D eigenvalue weighted by Crippen LogP contribution is -2.53. The molecule has 0 radical (unpaired) electrons. The first kappa shape index (κ1) is 16.4. The number of aliphatic hydroxyl groups excluding tert-OH is 1. The third kappa shape index (κ3) is 4.30. The molecular formula is C18H27N3O2. The molecule has 0 unspecified atom stereocenters. The molecule has 2 heterocycles. The van der Waals surface area contributed by atoms with E-state index in [1.54, 1.807) is 6.20 Å². The molecule has 2 atom stereocenters. The van der Waals surface area contributed by atoms with Gasteiger partial charge in [0, 0.05) is 50.5 Å². The van der Waals surface area contributed by atoms with E-state index in [2.05, 4.69) is 9.88 Å². The molecule has 2 aliphatic rings. The first-order valence-electron chi connectivity index (χ1n) is 8.84. The summed E-state index contributed by atoms with van der Waals surface area (Å²) in [4.78, 5) is 21.0. The van der Waals surface area contributed by atoms with Gasteiger partial charge in [0.25, 0.3) is 0 Å². The fraction of sp³-hybridized carbons (Fsp3) is 0.667. The highest BCUT2D eigenvalue weighted by Crippen LogP contribution is 2.25. The van der Waals surface area contributed by atoms with Gasteiger partial charge in [0.1, 0.15) is 0 Å². The molecule has 1 aliphatic carbocycles. The molecule has 0 spiro atoms. The van der Waals surface area contributed by atoms with E-state index >= 15 is 0 Å². The molecule has 23 heavy (non-hydrogen) atoms. The summed E-state index contributed by atoms with van der Waals surface area (Å²) < 4.78 is 0. The van der Waals surface area contributed by atoms with Crippen molar-refractivity contribution in [2.75, 3.05) is 26.2 Å². The van der Waals surface area contributed by atoms with Crippen molar-refractivity contribution >= 4 is 5.91 Å². The lowest BCUT2D eigenvalue weighted by Gasteiger charge is -2.39. The summed E-state index contributed by atoms with van der Waals surface area (Å²) in [5.41, 5.74) is 1.06. The average Bonchev–Trinajstić information content (AvgIpc) is 3.02. The Morgan fingerprint density at radius 1 is 1.22 bits per heavy atom. The second kappa shape index (κ2) is 7.88.